The molecular formula is C16H23N3O5S. The van der Waals surface area contributed by atoms with E-state index < -0.39 is 5.97 Å². The van der Waals surface area contributed by atoms with Gasteiger partial charge in [-0.05, 0) is 32.6 Å². The predicted octanol–water partition coefficient (Wildman–Crippen LogP) is -0.114. The summed E-state index contributed by atoms with van der Waals surface area (Å²) in [7, 11) is 0. The summed E-state index contributed by atoms with van der Waals surface area (Å²) >= 11 is 1.21. The highest BCUT2D eigenvalue weighted by atomic mass is 32.2. The van der Waals surface area contributed by atoms with Crippen molar-refractivity contribution >= 4 is 23.6 Å². The number of hydrogen-bond donors (Lipinski definition) is 2. The highest BCUT2D eigenvalue weighted by Gasteiger charge is 2.22. The Morgan fingerprint density at radius 2 is 2.20 bits per heavy atom. The molecule has 0 unspecified atom stereocenters. The maximum atomic E-state index is 12.2. The van der Waals surface area contributed by atoms with E-state index in [9.17, 15) is 14.4 Å². The van der Waals surface area contributed by atoms with Crippen LogP contribution < -0.4 is 11.0 Å². The molecule has 1 aliphatic carbocycles. The van der Waals surface area contributed by atoms with Gasteiger partial charge in [0.25, 0.3) is 0 Å². The lowest BCUT2D eigenvalue weighted by Gasteiger charge is -2.13. The summed E-state index contributed by atoms with van der Waals surface area (Å²) in [6.07, 6.45) is 3.09. The molecule has 0 fully saturated rings. The summed E-state index contributed by atoms with van der Waals surface area (Å²) in [5.74, 6) is -0.707. The maximum Gasteiger partial charge on any atom is 0.348 e. The molecule has 1 aromatic rings. The normalized spacial score (nSPS) is 12.7. The van der Waals surface area contributed by atoms with Crippen molar-refractivity contribution in [1.82, 2.24) is 14.9 Å². The topological polar surface area (TPSA) is 111 Å². The van der Waals surface area contributed by atoms with Crippen LogP contribution in [0.1, 0.15) is 31.0 Å². The smallest absolute Gasteiger partial charge is 0.348 e. The van der Waals surface area contributed by atoms with Crippen molar-refractivity contribution < 1.29 is 19.4 Å². The Hall–Kier alpha value is -1.87. The van der Waals surface area contributed by atoms with E-state index in [1.54, 1.807) is 11.5 Å². The first kappa shape index (κ1) is 19.5. The Kier molecular flexibility index (Phi) is 7.45. The van der Waals surface area contributed by atoms with E-state index in [1.807, 2.05) is 0 Å². The van der Waals surface area contributed by atoms with Crippen LogP contribution in [0.5, 0.6) is 0 Å². The molecule has 2 N–H and O–H groups in total. The van der Waals surface area contributed by atoms with Gasteiger partial charge in [0.2, 0.25) is 5.91 Å². The number of hydrogen-bond acceptors (Lipinski definition) is 7. The molecule has 0 saturated heterocycles. The molecule has 0 spiro atoms. The first-order valence-corrected chi connectivity index (χ1v) is 9.34. The molecule has 2 rings (SSSR count). The number of carbonyl (C=O) groups is 2. The molecule has 25 heavy (non-hydrogen) atoms. The van der Waals surface area contributed by atoms with Gasteiger partial charge in [0, 0.05) is 24.4 Å². The average molecular weight is 369 g/mol. The van der Waals surface area contributed by atoms with Gasteiger partial charge < -0.3 is 15.2 Å². The van der Waals surface area contributed by atoms with Gasteiger partial charge >= 0.3 is 11.7 Å². The van der Waals surface area contributed by atoms with Crippen LogP contribution in [0.25, 0.3) is 0 Å². The number of nitrogens with one attached hydrogen (secondary N) is 1. The maximum absolute atomic E-state index is 12.2. The fourth-order valence-corrected chi connectivity index (χ4v) is 3.64. The zero-order valence-corrected chi connectivity index (χ0v) is 15.1. The third-order valence-electron chi connectivity index (χ3n) is 3.82. The minimum absolute atomic E-state index is 0.0261. The predicted molar refractivity (Wildman–Crippen MR) is 92.6 cm³/mol. The number of amides is 1. The van der Waals surface area contributed by atoms with E-state index >= 15 is 0 Å². The van der Waals surface area contributed by atoms with E-state index in [0.717, 1.165) is 30.5 Å². The van der Waals surface area contributed by atoms with E-state index in [0.29, 0.717) is 18.0 Å². The number of aromatic nitrogens is 2. The Morgan fingerprint density at radius 3 is 2.92 bits per heavy atom. The van der Waals surface area contributed by atoms with E-state index in [4.69, 9.17) is 9.84 Å². The van der Waals surface area contributed by atoms with Crippen LogP contribution in [-0.4, -0.2) is 52.0 Å². The van der Waals surface area contributed by atoms with E-state index in [-0.39, 0.29) is 37.1 Å². The summed E-state index contributed by atoms with van der Waals surface area (Å²) in [5, 5.41) is 12.0. The lowest BCUT2D eigenvalue weighted by molar-refractivity contribution is -0.143. The number of thioether (sulfide) groups is 1. The summed E-state index contributed by atoms with van der Waals surface area (Å²) in [4.78, 5) is 39.4. The third kappa shape index (κ3) is 5.30. The second-order valence-corrected chi connectivity index (χ2v) is 6.54. The van der Waals surface area contributed by atoms with Crippen molar-refractivity contribution in [3.8, 4) is 0 Å². The standard InChI is InChI=1S/C16H23N3O5S/c1-2-24-14(22)9-17-13(21)10-25-15-11-5-3-6-12(11)19(7-4-8-20)16(23)18-15/h20H,2-10H2,1H3,(H,17,21). The second kappa shape index (κ2) is 9.57. The van der Waals surface area contributed by atoms with Gasteiger partial charge in [0.15, 0.2) is 0 Å². The molecule has 0 aromatic carbocycles. The fraction of sp³-hybridized carbons (Fsp3) is 0.625. The van der Waals surface area contributed by atoms with Crippen molar-refractivity contribution in [2.24, 2.45) is 0 Å². The van der Waals surface area contributed by atoms with Crippen molar-refractivity contribution in [2.75, 3.05) is 25.5 Å². The van der Waals surface area contributed by atoms with Crippen LogP contribution in [0.3, 0.4) is 0 Å². The SMILES string of the molecule is CCOC(=O)CNC(=O)CSc1nc(=O)n(CCCO)c2c1CCC2. The largest absolute Gasteiger partial charge is 0.465 e. The van der Waals surface area contributed by atoms with E-state index in [2.05, 4.69) is 10.3 Å². The number of esters is 1. The van der Waals surface area contributed by atoms with Crippen LogP contribution >= 0.6 is 11.8 Å². The first-order valence-electron chi connectivity index (χ1n) is 8.35. The number of carbonyl (C=O) groups excluding carboxylic acids is 2. The molecule has 1 aliphatic rings. The number of aliphatic hydroxyl groups excluding tert-OH is 1. The molecule has 0 bridgehead atoms. The van der Waals surface area contributed by atoms with Gasteiger partial charge in [0.05, 0.1) is 12.4 Å². The molecule has 1 amide bonds. The molecule has 0 atom stereocenters. The summed E-state index contributed by atoms with van der Waals surface area (Å²) in [6.45, 7) is 2.28. The minimum Gasteiger partial charge on any atom is -0.465 e. The van der Waals surface area contributed by atoms with Crippen LogP contribution in [0.4, 0.5) is 0 Å². The van der Waals surface area contributed by atoms with Crippen molar-refractivity contribution in [3.63, 3.8) is 0 Å². The molecule has 9 heteroatoms. The number of aliphatic hydroxyl groups is 1. The lowest BCUT2D eigenvalue weighted by Crippen LogP contribution is -2.32. The van der Waals surface area contributed by atoms with Crippen LogP contribution in [0, 0.1) is 0 Å². The zero-order valence-electron chi connectivity index (χ0n) is 14.2. The number of ether oxygens (including phenoxy) is 1. The minimum atomic E-state index is -0.480. The quantitative estimate of drug-likeness (QED) is 0.355. The number of rotatable bonds is 9. The fourth-order valence-electron chi connectivity index (χ4n) is 2.73. The molecule has 0 aliphatic heterocycles. The summed E-state index contributed by atoms with van der Waals surface area (Å²) in [6, 6.07) is 0. The van der Waals surface area contributed by atoms with Crippen molar-refractivity contribution in [2.45, 2.75) is 44.2 Å². The van der Waals surface area contributed by atoms with Crippen LogP contribution in [0.15, 0.2) is 9.82 Å². The molecule has 0 saturated carbocycles. The molecular weight excluding hydrogens is 346 g/mol. The molecule has 8 nitrogen and oxygen atoms in total. The highest BCUT2D eigenvalue weighted by molar-refractivity contribution is 7.99. The Labute approximate surface area is 150 Å². The highest BCUT2D eigenvalue weighted by Crippen LogP contribution is 2.29. The van der Waals surface area contributed by atoms with Gasteiger partial charge in [-0.2, -0.15) is 4.98 Å². The summed E-state index contributed by atoms with van der Waals surface area (Å²) < 4.78 is 6.37. The monoisotopic (exact) mass is 369 g/mol. The molecule has 0 radical (unpaired) electrons. The van der Waals surface area contributed by atoms with Crippen molar-refractivity contribution in [3.05, 3.63) is 21.7 Å². The van der Waals surface area contributed by atoms with Gasteiger partial charge in [-0.1, -0.05) is 11.8 Å². The number of fused-ring (bicyclic) bond motifs is 1. The van der Waals surface area contributed by atoms with Crippen LogP contribution in [0.2, 0.25) is 0 Å². The molecule has 138 valence electrons. The van der Waals surface area contributed by atoms with Gasteiger partial charge in [-0.25, -0.2) is 4.79 Å². The Morgan fingerprint density at radius 1 is 1.40 bits per heavy atom. The Bertz CT molecular complexity index is 689. The third-order valence-corrected chi connectivity index (χ3v) is 4.83. The lowest BCUT2D eigenvalue weighted by atomic mass is 10.2. The Balaban J connectivity index is 2.00. The average Bonchev–Trinajstić information content (AvgIpc) is 3.07. The summed E-state index contributed by atoms with van der Waals surface area (Å²) in [5.41, 5.74) is 1.63. The van der Waals surface area contributed by atoms with E-state index in [1.165, 1.54) is 11.8 Å². The van der Waals surface area contributed by atoms with Crippen molar-refractivity contribution in [1.29, 1.82) is 0 Å². The van der Waals surface area contributed by atoms with Crippen LogP contribution in [-0.2, 0) is 33.7 Å². The first-order chi connectivity index (χ1) is 12.1. The number of nitrogens with zero attached hydrogens (tertiary/aromatic N) is 2. The van der Waals surface area contributed by atoms with Gasteiger partial charge in [0.1, 0.15) is 11.6 Å². The van der Waals surface area contributed by atoms with Gasteiger partial charge in [-0.15, -0.1) is 0 Å². The molecule has 1 heterocycles. The second-order valence-electron chi connectivity index (χ2n) is 5.58. The zero-order chi connectivity index (χ0) is 18.2. The molecule has 1 aromatic heterocycles. The van der Waals surface area contributed by atoms with Gasteiger partial charge in [-0.3, -0.25) is 14.2 Å².